The molecule has 0 saturated carbocycles. The van der Waals surface area contributed by atoms with Gasteiger partial charge in [0.05, 0.1) is 17.8 Å². The van der Waals surface area contributed by atoms with Gasteiger partial charge in [-0.15, -0.1) is 0 Å². The van der Waals surface area contributed by atoms with Crippen molar-refractivity contribution in [1.82, 2.24) is 19.4 Å². The Kier molecular flexibility index (Phi) is 7.97. The first-order valence-corrected chi connectivity index (χ1v) is 13.7. The third-order valence-corrected chi connectivity index (χ3v) is 8.54. The average Bonchev–Trinajstić information content (AvgIpc) is 3.29. The summed E-state index contributed by atoms with van der Waals surface area (Å²) in [6, 6.07) is 9.47. The molecule has 1 fully saturated rings. The van der Waals surface area contributed by atoms with E-state index >= 15 is 0 Å². The van der Waals surface area contributed by atoms with Gasteiger partial charge >= 0.3 is 5.97 Å². The number of imidazole rings is 1. The van der Waals surface area contributed by atoms with Gasteiger partial charge in [-0.2, -0.15) is 0 Å². The van der Waals surface area contributed by atoms with Gasteiger partial charge < -0.3 is 14.2 Å². The number of aromatic nitrogens is 2. The average molecular weight is 533 g/mol. The second-order valence-corrected chi connectivity index (χ2v) is 11.4. The molecule has 2 aromatic carbocycles. The maximum Gasteiger partial charge on any atom is 0.324 e. The molecular weight excluding hydrogens is 504 g/mol. The molecule has 11 heteroatoms. The summed E-state index contributed by atoms with van der Waals surface area (Å²) < 4.78 is 32.9. The van der Waals surface area contributed by atoms with Crippen LogP contribution in [-0.4, -0.2) is 84.7 Å². The van der Waals surface area contributed by atoms with Gasteiger partial charge in [-0.25, -0.2) is 13.4 Å². The molecule has 36 heavy (non-hydrogen) atoms. The zero-order valence-corrected chi connectivity index (χ0v) is 21.8. The van der Waals surface area contributed by atoms with E-state index in [1.807, 2.05) is 22.6 Å². The normalized spacial score (nSPS) is 16.9. The van der Waals surface area contributed by atoms with Gasteiger partial charge in [0.1, 0.15) is 11.9 Å². The zero-order valence-electron chi connectivity index (χ0n) is 20.3. The molecule has 0 bridgehead atoms. The molecule has 1 unspecified atom stereocenters. The van der Waals surface area contributed by atoms with Crippen LogP contribution in [0.1, 0.15) is 12.2 Å². The predicted octanol–water partition coefficient (Wildman–Crippen LogP) is 2.55. The van der Waals surface area contributed by atoms with Gasteiger partial charge in [0.15, 0.2) is 9.84 Å². The fraction of sp³-hybridized carbons (Fsp3) is 0.400. The maximum absolute atomic E-state index is 12.9. The van der Waals surface area contributed by atoms with Crippen molar-refractivity contribution in [2.45, 2.75) is 30.8 Å². The molecule has 0 N–H and O–H groups in total. The Morgan fingerprint density at radius 2 is 1.86 bits per heavy atom. The van der Waals surface area contributed by atoms with E-state index in [0.29, 0.717) is 31.2 Å². The summed E-state index contributed by atoms with van der Waals surface area (Å²) >= 11 is 6.01. The monoisotopic (exact) mass is 532 g/mol. The van der Waals surface area contributed by atoms with Crippen molar-refractivity contribution in [3.63, 3.8) is 0 Å². The molecule has 3 aromatic rings. The standard InChI is InChI=1S/C25H29ClN4O5S/c1-18-27-8-9-28(18)10-11-29-12-13-30(17-23(29)25(32)35-2)24(31)7-14-36(33,34)22-6-4-19-15-21(26)5-3-20(19)16-22/h3-6,8-9,15-16,23H,7,10-14,17H2,1-2H3. The molecule has 1 aliphatic rings. The number of fused-ring (bicyclic) bond motifs is 1. The molecule has 0 aliphatic carbocycles. The molecule has 1 amide bonds. The molecule has 1 saturated heterocycles. The number of amides is 1. The molecule has 192 valence electrons. The lowest BCUT2D eigenvalue weighted by molar-refractivity contribution is -0.151. The Morgan fingerprint density at radius 3 is 2.58 bits per heavy atom. The minimum Gasteiger partial charge on any atom is -0.468 e. The van der Waals surface area contributed by atoms with E-state index in [2.05, 4.69) is 4.98 Å². The smallest absolute Gasteiger partial charge is 0.324 e. The summed E-state index contributed by atoms with van der Waals surface area (Å²) in [4.78, 5) is 33.3. The number of rotatable bonds is 8. The number of ether oxygens (including phenoxy) is 1. The lowest BCUT2D eigenvalue weighted by atomic mass is 10.1. The van der Waals surface area contributed by atoms with E-state index in [9.17, 15) is 18.0 Å². The van der Waals surface area contributed by atoms with Gasteiger partial charge in [0.2, 0.25) is 5.91 Å². The van der Waals surface area contributed by atoms with Gasteiger partial charge in [-0.05, 0) is 42.0 Å². The number of aryl methyl sites for hydroxylation is 1. The van der Waals surface area contributed by atoms with Crippen molar-refractivity contribution in [3.8, 4) is 0 Å². The van der Waals surface area contributed by atoms with Crippen molar-refractivity contribution in [1.29, 1.82) is 0 Å². The fourth-order valence-corrected chi connectivity index (χ4v) is 5.88. The number of benzene rings is 2. The molecular formula is C25H29ClN4O5S. The highest BCUT2D eigenvalue weighted by atomic mass is 35.5. The highest BCUT2D eigenvalue weighted by Crippen LogP contribution is 2.24. The van der Waals surface area contributed by atoms with Crippen molar-refractivity contribution in [2.24, 2.45) is 0 Å². The summed E-state index contributed by atoms with van der Waals surface area (Å²) in [5.41, 5.74) is 0. The second kappa shape index (κ2) is 11.0. The largest absolute Gasteiger partial charge is 0.468 e. The number of carbonyl (C=O) groups is 2. The Labute approximate surface area is 215 Å². The Bertz CT molecular complexity index is 1370. The number of nitrogens with zero attached hydrogens (tertiary/aromatic N) is 4. The quantitative estimate of drug-likeness (QED) is 0.411. The summed E-state index contributed by atoms with van der Waals surface area (Å²) in [7, 11) is -2.35. The van der Waals surface area contributed by atoms with E-state index in [1.54, 1.807) is 41.4 Å². The van der Waals surface area contributed by atoms with Crippen LogP contribution in [0.25, 0.3) is 10.8 Å². The number of hydrogen-bond donors (Lipinski definition) is 0. The zero-order chi connectivity index (χ0) is 25.9. The summed E-state index contributed by atoms with van der Waals surface area (Å²) in [5, 5.41) is 2.17. The number of halogens is 1. The van der Waals surface area contributed by atoms with Crippen molar-refractivity contribution < 1.29 is 22.7 Å². The molecule has 1 aromatic heterocycles. The number of sulfone groups is 1. The number of carbonyl (C=O) groups excluding carboxylic acids is 2. The van der Waals surface area contributed by atoms with Gasteiger partial charge in [-0.1, -0.05) is 23.7 Å². The minimum atomic E-state index is -3.67. The highest BCUT2D eigenvalue weighted by molar-refractivity contribution is 7.91. The lowest BCUT2D eigenvalue weighted by Gasteiger charge is -2.40. The van der Waals surface area contributed by atoms with Crippen LogP contribution in [0.15, 0.2) is 53.7 Å². The van der Waals surface area contributed by atoms with E-state index in [-0.39, 0.29) is 29.5 Å². The van der Waals surface area contributed by atoms with Crippen molar-refractivity contribution in [2.75, 3.05) is 39.0 Å². The van der Waals surface area contributed by atoms with E-state index in [4.69, 9.17) is 16.3 Å². The maximum atomic E-state index is 12.9. The Balaban J connectivity index is 1.38. The molecule has 1 atom stereocenters. The van der Waals surface area contributed by atoms with Crippen LogP contribution >= 0.6 is 11.6 Å². The van der Waals surface area contributed by atoms with Crippen LogP contribution in [0, 0.1) is 6.92 Å². The van der Waals surface area contributed by atoms with Gasteiger partial charge in [0.25, 0.3) is 0 Å². The van der Waals surface area contributed by atoms with Crippen LogP contribution < -0.4 is 0 Å². The molecule has 9 nitrogen and oxygen atoms in total. The number of methoxy groups -OCH3 is 1. The van der Waals surface area contributed by atoms with Crippen LogP contribution in [0.3, 0.4) is 0 Å². The van der Waals surface area contributed by atoms with E-state index in [0.717, 1.165) is 16.6 Å². The van der Waals surface area contributed by atoms with Crippen LogP contribution in [0.2, 0.25) is 5.02 Å². The minimum absolute atomic E-state index is 0.158. The van der Waals surface area contributed by atoms with E-state index in [1.165, 1.54) is 13.2 Å². The first-order chi connectivity index (χ1) is 17.2. The molecule has 0 spiro atoms. The number of piperazine rings is 1. The SMILES string of the molecule is COC(=O)C1CN(C(=O)CCS(=O)(=O)c2ccc3cc(Cl)ccc3c2)CCN1CCn1ccnc1C. The Hall–Kier alpha value is -2.95. The topological polar surface area (TPSA) is 102 Å². The van der Waals surface area contributed by atoms with Crippen LogP contribution in [0.5, 0.6) is 0 Å². The first-order valence-electron chi connectivity index (χ1n) is 11.7. The third kappa shape index (κ3) is 5.88. The summed E-state index contributed by atoms with van der Waals surface area (Å²) in [5.74, 6) is -0.146. The predicted molar refractivity (Wildman–Crippen MR) is 137 cm³/mol. The molecule has 1 aliphatic heterocycles. The fourth-order valence-electron chi connectivity index (χ4n) is 4.44. The Morgan fingerprint density at radius 1 is 1.11 bits per heavy atom. The summed E-state index contributed by atoms with van der Waals surface area (Å²) in [6.07, 6.45) is 3.45. The number of esters is 1. The lowest BCUT2D eigenvalue weighted by Crippen LogP contribution is -2.58. The van der Waals surface area contributed by atoms with Crippen molar-refractivity contribution in [3.05, 3.63) is 59.6 Å². The van der Waals surface area contributed by atoms with Crippen LogP contribution in [0.4, 0.5) is 0 Å². The molecule has 2 heterocycles. The highest BCUT2D eigenvalue weighted by Gasteiger charge is 2.35. The first kappa shape index (κ1) is 26.1. The number of hydrogen-bond acceptors (Lipinski definition) is 7. The van der Waals surface area contributed by atoms with Gasteiger partial charge in [0, 0.05) is 56.6 Å². The third-order valence-electron chi connectivity index (χ3n) is 6.59. The second-order valence-electron chi connectivity index (χ2n) is 8.80. The van der Waals surface area contributed by atoms with Gasteiger partial charge in [-0.3, -0.25) is 14.5 Å². The van der Waals surface area contributed by atoms with E-state index < -0.39 is 21.8 Å². The van der Waals surface area contributed by atoms with Crippen LogP contribution in [-0.2, 0) is 30.7 Å². The molecule has 0 radical (unpaired) electrons. The molecule has 4 rings (SSSR count). The summed E-state index contributed by atoms with van der Waals surface area (Å²) in [6.45, 7) is 4.22. The van der Waals surface area contributed by atoms with Crippen molar-refractivity contribution >= 4 is 44.1 Å².